The van der Waals surface area contributed by atoms with Crippen molar-refractivity contribution in [1.82, 2.24) is 19.8 Å². The third-order valence-corrected chi connectivity index (χ3v) is 7.02. The number of hydrogen-bond donors (Lipinski definition) is 1. The van der Waals surface area contributed by atoms with Crippen LogP contribution in [0.2, 0.25) is 0 Å². The van der Waals surface area contributed by atoms with Gasteiger partial charge in [0.05, 0.1) is 12.7 Å². The fourth-order valence-corrected chi connectivity index (χ4v) is 4.92. The lowest BCUT2D eigenvalue weighted by molar-refractivity contribution is 0.0407. The first-order valence-electron chi connectivity index (χ1n) is 12.1. The van der Waals surface area contributed by atoms with E-state index in [1.54, 1.807) is 30.0 Å². The van der Waals surface area contributed by atoms with E-state index < -0.39 is 0 Å². The smallest absolute Gasteiger partial charge is 0.290 e. The third kappa shape index (κ3) is 4.23. The maximum Gasteiger partial charge on any atom is 0.290 e. The minimum Gasteiger partial charge on any atom is -0.497 e. The fraction of sp³-hybridized carbons (Fsp3) is 0.321. The average Bonchev–Trinajstić information content (AvgIpc) is 3.52. The number of carbonyl (C=O) groups is 2. The summed E-state index contributed by atoms with van der Waals surface area (Å²) in [6.07, 6.45) is 1.73. The number of hydrogen-bond acceptors (Lipinski definition) is 5. The van der Waals surface area contributed by atoms with Crippen LogP contribution in [0.4, 0.5) is 0 Å². The zero-order chi connectivity index (χ0) is 25.4. The van der Waals surface area contributed by atoms with Gasteiger partial charge in [-0.2, -0.15) is 0 Å². The SMILES string of the molecule is COc1ccc2oc(C)c(C(=O)N3CCN(C(=O)c4ncc(C(C)c5ccccc5)[nH]4)C(C)C3)c2c1. The minimum atomic E-state index is -0.164. The van der Waals surface area contributed by atoms with Gasteiger partial charge in [-0.15, -0.1) is 0 Å². The molecule has 186 valence electrons. The Morgan fingerprint density at radius 1 is 1.14 bits per heavy atom. The van der Waals surface area contributed by atoms with Crippen molar-refractivity contribution in [2.24, 2.45) is 0 Å². The van der Waals surface area contributed by atoms with Crippen LogP contribution >= 0.6 is 0 Å². The number of benzene rings is 2. The number of aromatic amines is 1. The molecule has 2 aromatic carbocycles. The fourth-order valence-electron chi connectivity index (χ4n) is 4.92. The van der Waals surface area contributed by atoms with E-state index in [-0.39, 0.29) is 23.8 Å². The molecule has 4 aromatic rings. The van der Waals surface area contributed by atoms with Crippen LogP contribution < -0.4 is 4.74 Å². The molecule has 3 heterocycles. The highest BCUT2D eigenvalue weighted by atomic mass is 16.5. The zero-order valence-electron chi connectivity index (χ0n) is 20.9. The van der Waals surface area contributed by atoms with Crippen LogP contribution in [-0.4, -0.2) is 64.4 Å². The van der Waals surface area contributed by atoms with Crippen molar-refractivity contribution >= 4 is 22.8 Å². The standard InChI is InChI=1S/C28H30N4O4/c1-17-16-31(27(33)25-19(3)36-24-11-10-21(35-4)14-22(24)25)12-13-32(17)28(34)26-29-15-23(30-26)18(2)20-8-6-5-7-9-20/h5-11,14-15,17-18H,12-13,16H2,1-4H3,(H,29,30). The van der Waals surface area contributed by atoms with Gasteiger partial charge in [0.2, 0.25) is 0 Å². The Labute approximate surface area is 209 Å². The number of furan rings is 1. The highest BCUT2D eigenvalue weighted by Gasteiger charge is 2.33. The Balaban J connectivity index is 1.30. The van der Waals surface area contributed by atoms with Crippen molar-refractivity contribution in [3.63, 3.8) is 0 Å². The highest BCUT2D eigenvalue weighted by Crippen LogP contribution is 2.31. The summed E-state index contributed by atoms with van der Waals surface area (Å²) in [6.45, 7) is 7.12. The Morgan fingerprint density at radius 3 is 2.64 bits per heavy atom. The van der Waals surface area contributed by atoms with Crippen LogP contribution in [0, 0.1) is 6.92 Å². The largest absolute Gasteiger partial charge is 0.497 e. The van der Waals surface area contributed by atoms with Crippen molar-refractivity contribution < 1.29 is 18.7 Å². The van der Waals surface area contributed by atoms with Crippen LogP contribution in [0.1, 0.15) is 57.8 Å². The number of aromatic nitrogens is 2. The molecule has 2 unspecified atom stereocenters. The number of fused-ring (bicyclic) bond motifs is 1. The number of nitrogens with one attached hydrogen (secondary N) is 1. The molecule has 2 atom stereocenters. The zero-order valence-corrected chi connectivity index (χ0v) is 20.9. The van der Waals surface area contributed by atoms with E-state index in [0.29, 0.717) is 48.1 Å². The lowest BCUT2D eigenvalue weighted by atomic mass is 9.99. The van der Waals surface area contributed by atoms with E-state index in [1.165, 1.54) is 0 Å². The Hall–Kier alpha value is -4.07. The normalized spacial score (nSPS) is 16.8. The van der Waals surface area contributed by atoms with Crippen molar-refractivity contribution in [2.45, 2.75) is 32.7 Å². The lowest BCUT2D eigenvalue weighted by Gasteiger charge is -2.39. The first-order chi connectivity index (χ1) is 17.4. The lowest BCUT2D eigenvalue weighted by Crippen LogP contribution is -2.55. The molecule has 1 saturated heterocycles. The van der Waals surface area contributed by atoms with Gasteiger partial charge in [0.15, 0.2) is 5.82 Å². The Bertz CT molecular complexity index is 1410. The van der Waals surface area contributed by atoms with Gasteiger partial charge in [-0.05, 0) is 37.6 Å². The van der Waals surface area contributed by atoms with Gasteiger partial charge in [-0.3, -0.25) is 9.59 Å². The first-order valence-corrected chi connectivity index (χ1v) is 12.1. The monoisotopic (exact) mass is 486 g/mol. The molecule has 0 spiro atoms. The number of piperazine rings is 1. The number of carbonyl (C=O) groups excluding carboxylic acids is 2. The summed E-state index contributed by atoms with van der Waals surface area (Å²) in [7, 11) is 1.60. The summed E-state index contributed by atoms with van der Waals surface area (Å²) in [5, 5.41) is 0.735. The maximum absolute atomic E-state index is 13.5. The average molecular weight is 487 g/mol. The summed E-state index contributed by atoms with van der Waals surface area (Å²) in [5.74, 6) is 1.40. The van der Waals surface area contributed by atoms with Gasteiger partial charge < -0.3 is 23.9 Å². The highest BCUT2D eigenvalue weighted by molar-refractivity contribution is 6.07. The molecule has 0 radical (unpaired) electrons. The molecule has 8 heteroatoms. The molecule has 1 fully saturated rings. The molecule has 1 N–H and O–H groups in total. The van der Waals surface area contributed by atoms with Crippen molar-refractivity contribution in [3.8, 4) is 5.75 Å². The van der Waals surface area contributed by atoms with Crippen LogP contribution in [-0.2, 0) is 0 Å². The number of aryl methyl sites for hydroxylation is 1. The van der Waals surface area contributed by atoms with Gasteiger partial charge >= 0.3 is 0 Å². The van der Waals surface area contributed by atoms with E-state index in [1.807, 2.05) is 43.3 Å². The topological polar surface area (TPSA) is 91.7 Å². The van der Waals surface area contributed by atoms with E-state index >= 15 is 0 Å². The quantitative estimate of drug-likeness (QED) is 0.445. The molecule has 2 aromatic heterocycles. The van der Waals surface area contributed by atoms with E-state index in [0.717, 1.165) is 16.6 Å². The second kappa shape index (κ2) is 9.53. The number of imidazole rings is 1. The number of H-pyrrole nitrogens is 1. The number of amides is 2. The van der Waals surface area contributed by atoms with E-state index in [9.17, 15) is 9.59 Å². The van der Waals surface area contributed by atoms with Crippen molar-refractivity contribution in [1.29, 1.82) is 0 Å². The van der Waals surface area contributed by atoms with E-state index in [4.69, 9.17) is 9.15 Å². The van der Waals surface area contributed by atoms with Crippen LogP contribution in [0.5, 0.6) is 5.75 Å². The Morgan fingerprint density at radius 2 is 1.92 bits per heavy atom. The first kappa shape index (κ1) is 23.7. The van der Waals surface area contributed by atoms with Crippen LogP contribution in [0.3, 0.4) is 0 Å². The minimum absolute atomic E-state index is 0.0961. The summed E-state index contributed by atoms with van der Waals surface area (Å²) in [6, 6.07) is 15.4. The summed E-state index contributed by atoms with van der Waals surface area (Å²) < 4.78 is 11.2. The third-order valence-electron chi connectivity index (χ3n) is 7.02. The van der Waals surface area contributed by atoms with Gasteiger partial charge in [-0.25, -0.2) is 4.98 Å². The van der Waals surface area contributed by atoms with Crippen molar-refractivity contribution in [3.05, 3.63) is 83.1 Å². The number of nitrogens with zero attached hydrogens (tertiary/aromatic N) is 3. The molecule has 1 aliphatic rings. The van der Waals surface area contributed by atoms with Gasteiger partial charge in [-0.1, -0.05) is 37.3 Å². The molecule has 2 amide bonds. The van der Waals surface area contributed by atoms with Gasteiger partial charge in [0, 0.05) is 48.9 Å². The predicted octanol–water partition coefficient (Wildman–Crippen LogP) is 4.61. The summed E-state index contributed by atoms with van der Waals surface area (Å²) in [5.41, 5.74) is 3.24. The Kier molecular flexibility index (Phi) is 6.26. The number of rotatable bonds is 5. The summed E-state index contributed by atoms with van der Waals surface area (Å²) >= 11 is 0. The number of ether oxygens (including phenoxy) is 1. The number of methoxy groups -OCH3 is 1. The molecule has 0 aliphatic carbocycles. The van der Waals surface area contributed by atoms with Gasteiger partial charge in [0.25, 0.3) is 11.8 Å². The molecule has 0 bridgehead atoms. The predicted molar refractivity (Wildman–Crippen MR) is 136 cm³/mol. The van der Waals surface area contributed by atoms with Crippen LogP contribution in [0.25, 0.3) is 11.0 Å². The van der Waals surface area contributed by atoms with Crippen molar-refractivity contribution in [2.75, 3.05) is 26.7 Å². The molecule has 0 saturated carbocycles. The molecule has 36 heavy (non-hydrogen) atoms. The second-order valence-corrected chi connectivity index (χ2v) is 9.31. The molecular formula is C28H30N4O4. The summed E-state index contributed by atoms with van der Waals surface area (Å²) in [4.78, 5) is 38.0. The molecular weight excluding hydrogens is 456 g/mol. The van der Waals surface area contributed by atoms with Gasteiger partial charge in [0.1, 0.15) is 17.1 Å². The van der Waals surface area contributed by atoms with E-state index in [2.05, 4.69) is 29.0 Å². The molecule has 5 rings (SSSR count). The van der Waals surface area contributed by atoms with Crippen LogP contribution in [0.15, 0.2) is 59.1 Å². The maximum atomic E-state index is 13.5. The molecule has 8 nitrogen and oxygen atoms in total. The second-order valence-electron chi connectivity index (χ2n) is 9.31. The molecule has 1 aliphatic heterocycles.